The van der Waals surface area contributed by atoms with Gasteiger partial charge in [0.25, 0.3) is 11.8 Å². The number of benzene rings is 5. The molecule has 8 rings (SSSR count). The number of aliphatic hydroxyl groups is 1. The van der Waals surface area contributed by atoms with Gasteiger partial charge in [-0.05, 0) is 72.1 Å². The minimum absolute atomic E-state index is 0.0362. The van der Waals surface area contributed by atoms with Gasteiger partial charge in [0.15, 0.2) is 13.9 Å². The smallest absolute Gasteiger partial charge is 0.264 e. The zero-order valence-corrected chi connectivity index (χ0v) is 33.0. The van der Waals surface area contributed by atoms with E-state index in [1.807, 2.05) is 129 Å². The number of amides is 3. The van der Waals surface area contributed by atoms with Crippen LogP contribution < -0.4 is 9.80 Å². The van der Waals surface area contributed by atoms with E-state index in [2.05, 4.69) is 15.9 Å². The van der Waals surface area contributed by atoms with Crippen molar-refractivity contribution in [2.24, 2.45) is 5.92 Å². The van der Waals surface area contributed by atoms with Crippen LogP contribution in [0.25, 0.3) is 10.8 Å². The highest BCUT2D eigenvalue weighted by atomic mass is 79.9. The van der Waals surface area contributed by atoms with Crippen molar-refractivity contribution in [1.29, 1.82) is 0 Å². The topological polar surface area (TPSA) is 111 Å². The van der Waals surface area contributed by atoms with E-state index in [4.69, 9.17) is 4.74 Å². The Morgan fingerprint density at radius 2 is 1.63 bits per heavy atom. The molecule has 1 spiro atoms. The summed E-state index contributed by atoms with van der Waals surface area (Å²) >= 11 is 3.62. The molecule has 5 aromatic rings. The molecule has 3 amide bonds. The fourth-order valence-corrected chi connectivity index (χ4v) is 11.9. The van der Waals surface area contributed by atoms with E-state index in [1.165, 1.54) is 0 Å². The second kappa shape index (κ2) is 13.9. The van der Waals surface area contributed by atoms with Gasteiger partial charge in [0, 0.05) is 45.7 Å². The van der Waals surface area contributed by atoms with Gasteiger partial charge in [-0.25, -0.2) is 0 Å². The second-order valence-corrected chi connectivity index (χ2v) is 20.0. The van der Waals surface area contributed by atoms with Gasteiger partial charge in [0.1, 0.15) is 0 Å². The highest BCUT2D eigenvalue weighted by Gasteiger charge is 2.66. The van der Waals surface area contributed by atoms with Crippen LogP contribution in [0.15, 0.2) is 114 Å². The molecule has 3 aliphatic rings. The van der Waals surface area contributed by atoms with Gasteiger partial charge in [-0.1, -0.05) is 89.6 Å². The van der Waals surface area contributed by atoms with Crippen molar-refractivity contribution in [2.45, 2.75) is 56.8 Å². The molecule has 0 saturated carbocycles. The number of ether oxygens (including phenoxy) is 1. The summed E-state index contributed by atoms with van der Waals surface area (Å²) < 4.78 is 7.72. The van der Waals surface area contributed by atoms with E-state index in [0.29, 0.717) is 23.4 Å². The van der Waals surface area contributed by atoms with E-state index in [-0.39, 0.29) is 43.8 Å². The molecule has 54 heavy (non-hydrogen) atoms. The lowest BCUT2D eigenvalue weighted by atomic mass is 9.82. The summed E-state index contributed by atoms with van der Waals surface area (Å²) in [6.45, 7) is 6.19. The standard InChI is InChI=1S/C43H42BrN3O6Si/c1-27-40(54(2,3)52)37(24-38(49)45(21-22-48)25-28-9-5-4-6-10-28)53-43(27)34-23-31(44)17-20-35(34)46(42(43)51)26-29-15-18-32(19-16-29)47-36-14-8-12-30-11-7-13-33(39(30)36)41(47)50/h4-20,23,27,37,40,48,52H,21-22,24-26H2,1-3H3/t27-,37+,40-,43+/m0/s1. The first-order valence-corrected chi connectivity index (χ1v) is 22.1. The van der Waals surface area contributed by atoms with Gasteiger partial charge in [0.05, 0.1) is 42.6 Å². The Morgan fingerprint density at radius 3 is 2.33 bits per heavy atom. The first-order chi connectivity index (χ1) is 25.9. The van der Waals surface area contributed by atoms with Crippen molar-refractivity contribution in [3.8, 4) is 0 Å². The van der Waals surface area contributed by atoms with Crippen molar-refractivity contribution < 1.29 is 29.0 Å². The van der Waals surface area contributed by atoms with Crippen LogP contribution in [0.4, 0.5) is 17.1 Å². The molecule has 0 unspecified atom stereocenters. The second-order valence-electron chi connectivity index (χ2n) is 15.1. The molecular weight excluding hydrogens is 762 g/mol. The van der Waals surface area contributed by atoms with Gasteiger partial charge < -0.3 is 24.4 Å². The van der Waals surface area contributed by atoms with E-state index >= 15 is 0 Å². The molecule has 276 valence electrons. The fraction of sp³-hybridized carbons (Fsp3) is 0.279. The Labute approximate surface area is 324 Å². The largest absolute Gasteiger partial charge is 0.432 e. The lowest BCUT2D eigenvalue weighted by Gasteiger charge is -2.32. The zero-order valence-electron chi connectivity index (χ0n) is 30.4. The first kappa shape index (κ1) is 36.3. The van der Waals surface area contributed by atoms with Crippen molar-refractivity contribution >= 4 is 69.8 Å². The zero-order chi connectivity index (χ0) is 37.9. The third kappa shape index (κ3) is 5.99. The van der Waals surface area contributed by atoms with E-state index in [0.717, 1.165) is 37.7 Å². The van der Waals surface area contributed by atoms with Crippen LogP contribution in [0.5, 0.6) is 0 Å². The van der Waals surface area contributed by atoms with Crippen LogP contribution in [0.2, 0.25) is 18.6 Å². The molecular formula is C43H42BrN3O6Si. The third-order valence-electron chi connectivity index (χ3n) is 11.4. The molecule has 3 heterocycles. The predicted octanol–water partition coefficient (Wildman–Crippen LogP) is 7.65. The predicted molar refractivity (Wildman–Crippen MR) is 215 cm³/mol. The Hall–Kier alpha value is -4.65. The first-order valence-electron chi connectivity index (χ1n) is 18.3. The number of nitrogens with zero attached hydrogens (tertiary/aromatic N) is 3. The Bertz CT molecular complexity index is 2270. The van der Waals surface area contributed by atoms with Crippen molar-refractivity contribution in [3.63, 3.8) is 0 Å². The van der Waals surface area contributed by atoms with Crippen molar-refractivity contribution in [2.75, 3.05) is 23.0 Å². The van der Waals surface area contributed by atoms with Crippen LogP contribution in [0.1, 0.15) is 40.4 Å². The lowest BCUT2D eigenvalue weighted by molar-refractivity contribution is -0.150. The monoisotopic (exact) mass is 803 g/mol. The molecule has 0 radical (unpaired) electrons. The number of hydrogen-bond acceptors (Lipinski definition) is 6. The fourth-order valence-electron chi connectivity index (χ4n) is 9.03. The molecule has 0 aliphatic carbocycles. The molecule has 1 fully saturated rings. The Balaban J connectivity index is 1.09. The van der Waals surface area contributed by atoms with Crippen LogP contribution in [0, 0.1) is 5.92 Å². The summed E-state index contributed by atoms with van der Waals surface area (Å²) in [5.41, 5.74) is 3.63. The highest BCUT2D eigenvalue weighted by molar-refractivity contribution is 9.10. The normalized spacial score (nSPS) is 21.8. The number of carbonyl (C=O) groups is 3. The number of rotatable bonds is 10. The lowest BCUT2D eigenvalue weighted by Crippen LogP contribution is -2.46. The summed E-state index contributed by atoms with van der Waals surface area (Å²) in [4.78, 5) is 59.4. The van der Waals surface area contributed by atoms with Gasteiger partial charge in [-0.15, -0.1) is 0 Å². The minimum atomic E-state index is -3.02. The van der Waals surface area contributed by atoms with Gasteiger partial charge in [-0.2, -0.15) is 0 Å². The average molecular weight is 805 g/mol. The maximum atomic E-state index is 15.0. The third-order valence-corrected chi connectivity index (χ3v) is 14.3. The molecule has 0 aromatic heterocycles. The Kier molecular flexibility index (Phi) is 9.34. The molecule has 2 N–H and O–H groups in total. The average Bonchev–Trinajstić information content (AvgIpc) is 3.70. The van der Waals surface area contributed by atoms with Crippen LogP contribution in [0.3, 0.4) is 0 Å². The van der Waals surface area contributed by atoms with Crippen LogP contribution in [-0.4, -0.2) is 60.1 Å². The van der Waals surface area contributed by atoms with E-state index in [9.17, 15) is 24.3 Å². The molecule has 1 saturated heterocycles. The summed E-state index contributed by atoms with van der Waals surface area (Å²) in [5, 5.41) is 11.8. The molecule has 4 atom stereocenters. The molecule has 11 heteroatoms. The highest BCUT2D eigenvalue weighted by Crippen LogP contribution is 2.60. The van der Waals surface area contributed by atoms with E-state index < -0.39 is 31.5 Å². The Morgan fingerprint density at radius 1 is 0.907 bits per heavy atom. The van der Waals surface area contributed by atoms with Crippen molar-refractivity contribution in [3.05, 3.63) is 136 Å². The maximum absolute atomic E-state index is 15.0. The van der Waals surface area contributed by atoms with E-state index in [1.54, 1.807) is 14.7 Å². The summed E-state index contributed by atoms with van der Waals surface area (Å²) in [7, 11) is -3.02. The molecule has 0 bridgehead atoms. The van der Waals surface area contributed by atoms with Gasteiger partial charge in [0.2, 0.25) is 5.91 Å². The maximum Gasteiger partial charge on any atom is 0.264 e. The number of anilines is 3. The number of hydrogen-bond donors (Lipinski definition) is 2. The number of aliphatic hydroxyl groups excluding tert-OH is 1. The quantitative estimate of drug-likeness (QED) is 0.141. The number of fused-ring (bicyclic) bond motifs is 2. The van der Waals surface area contributed by atoms with Crippen molar-refractivity contribution in [1.82, 2.24) is 4.90 Å². The number of halogens is 1. The van der Waals surface area contributed by atoms with Crippen LogP contribution >= 0.6 is 15.9 Å². The molecule has 5 aromatic carbocycles. The van der Waals surface area contributed by atoms with Crippen LogP contribution in [-0.2, 0) is 33.0 Å². The summed E-state index contributed by atoms with van der Waals surface area (Å²) in [5.74, 6) is -0.965. The van der Waals surface area contributed by atoms with Gasteiger partial charge >= 0.3 is 0 Å². The number of carbonyl (C=O) groups excluding carboxylic acids is 3. The SMILES string of the molecule is C[C@H]1[C@H]([Si](C)(C)O)[C@@H](CC(=O)N(CCO)Cc2ccccc2)O[C@]12C(=O)N(Cc1ccc(N3C(=O)c4cccc5cccc3c45)cc1)c1ccc(Br)cc12. The van der Waals surface area contributed by atoms with Gasteiger partial charge in [-0.3, -0.25) is 19.3 Å². The molecule has 3 aliphatic heterocycles. The summed E-state index contributed by atoms with van der Waals surface area (Å²) in [6.07, 6.45) is -0.761. The minimum Gasteiger partial charge on any atom is -0.432 e. The molecule has 9 nitrogen and oxygen atoms in total. The summed E-state index contributed by atoms with van der Waals surface area (Å²) in [6, 6.07) is 34.8.